The molecule has 34 heavy (non-hydrogen) atoms. The van der Waals surface area contributed by atoms with Crippen LogP contribution in [0.3, 0.4) is 0 Å². The van der Waals surface area contributed by atoms with Gasteiger partial charge in [0.05, 0.1) is 27.1 Å². The summed E-state index contributed by atoms with van der Waals surface area (Å²) in [7, 11) is 4.72. The number of carbonyl (C=O) groups is 2. The minimum Gasteiger partial charge on any atom is -0.493 e. The maximum atomic E-state index is 12.3. The highest BCUT2D eigenvalue weighted by Crippen LogP contribution is 2.43. The molecule has 2 N–H and O–H groups in total. The third-order valence-electron chi connectivity index (χ3n) is 6.03. The number of aromatic nitrogens is 3. The molecule has 2 aliphatic rings. The third kappa shape index (κ3) is 5.57. The molecule has 1 heterocycles. The van der Waals surface area contributed by atoms with Gasteiger partial charge in [0.2, 0.25) is 11.7 Å². The van der Waals surface area contributed by atoms with E-state index in [0.717, 1.165) is 44.1 Å². The van der Waals surface area contributed by atoms with E-state index in [-0.39, 0.29) is 23.7 Å². The second kappa shape index (κ2) is 11.0. The van der Waals surface area contributed by atoms with E-state index in [1.54, 1.807) is 21.3 Å². The van der Waals surface area contributed by atoms with Crippen molar-refractivity contribution in [2.24, 2.45) is 0 Å². The third-order valence-corrected chi connectivity index (χ3v) is 6.97. The summed E-state index contributed by atoms with van der Waals surface area (Å²) < 4.78 is 18.6. The van der Waals surface area contributed by atoms with Gasteiger partial charge in [0, 0.05) is 17.6 Å². The van der Waals surface area contributed by atoms with Gasteiger partial charge >= 0.3 is 6.03 Å². The maximum Gasteiger partial charge on any atom is 0.321 e. The number of nitrogens with one attached hydrogen (secondary N) is 2. The Balaban J connectivity index is 1.59. The van der Waals surface area contributed by atoms with Crippen molar-refractivity contribution in [3.05, 3.63) is 12.1 Å². The van der Waals surface area contributed by atoms with Crippen LogP contribution in [0, 0.1) is 0 Å². The van der Waals surface area contributed by atoms with Crippen LogP contribution in [0.5, 0.6) is 17.2 Å². The fourth-order valence-electron chi connectivity index (χ4n) is 4.19. The number of hydrogen-bond acceptors (Lipinski definition) is 8. The second-order valence-corrected chi connectivity index (χ2v) is 9.41. The topological polar surface area (TPSA) is 117 Å². The van der Waals surface area contributed by atoms with Gasteiger partial charge in [0.25, 0.3) is 0 Å². The molecule has 184 valence electrons. The number of hydrogen-bond donors (Lipinski definition) is 2. The lowest BCUT2D eigenvalue weighted by molar-refractivity contribution is -0.117. The average molecular weight is 490 g/mol. The SMILES string of the molecule is COc1cc(-c2nnc(SCC(=O)NC(=O)NC3CC3)n2C2CCCCC2)cc(OC)c1OC. The zero-order chi connectivity index (χ0) is 24.1. The summed E-state index contributed by atoms with van der Waals surface area (Å²) in [6.45, 7) is 0. The Kier molecular flexibility index (Phi) is 7.81. The van der Waals surface area contributed by atoms with Crippen LogP contribution in [0.15, 0.2) is 17.3 Å². The van der Waals surface area contributed by atoms with E-state index in [1.165, 1.54) is 18.2 Å². The summed E-state index contributed by atoms with van der Waals surface area (Å²) in [5.74, 6) is 1.96. The molecule has 2 aromatic rings. The van der Waals surface area contributed by atoms with E-state index in [4.69, 9.17) is 14.2 Å². The molecule has 0 spiro atoms. The number of carbonyl (C=O) groups excluding carboxylic acids is 2. The number of ether oxygens (including phenoxy) is 3. The summed E-state index contributed by atoms with van der Waals surface area (Å²) in [6, 6.07) is 3.68. The van der Waals surface area contributed by atoms with Crippen molar-refractivity contribution in [2.45, 2.75) is 62.2 Å². The first-order valence-electron chi connectivity index (χ1n) is 11.5. The number of imide groups is 1. The molecule has 2 fully saturated rings. The maximum absolute atomic E-state index is 12.3. The van der Waals surface area contributed by atoms with Gasteiger partial charge in [-0.25, -0.2) is 4.79 Å². The van der Waals surface area contributed by atoms with Crippen molar-refractivity contribution in [1.82, 2.24) is 25.4 Å². The molecule has 10 nitrogen and oxygen atoms in total. The number of thioether (sulfide) groups is 1. The molecule has 2 aliphatic carbocycles. The Hall–Kier alpha value is -2.95. The lowest BCUT2D eigenvalue weighted by atomic mass is 9.95. The normalized spacial score (nSPS) is 16.1. The largest absolute Gasteiger partial charge is 0.493 e. The predicted octanol–water partition coefficient (Wildman–Crippen LogP) is 3.56. The molecule has 1 aromatic heterocycles. The number of rotatable bonds is 9. The molecule has 0 unspecified atom stereocenters. The second-order valence-electron chi connectivity index (χ2n) is 8.47. The molecule has 0 atom stereocenters. The monoisotopic (exact) mass is 489 g/mol. The summed E-state index contributed by atoms with van der Waals surface area (Å²) >= 11 is 1.28. The molecule has 0 aliphatic heterocycles. The quantitative estimate of drug-likeness (QED) is 0.514. The molecular formula is C23H31N5O5S. The van der Waals surface area contributed by atoms with Crippen LogP contribution in [0.2, 0.25) is 0 Å². The molecular weight excluding hydrogens is 458 g/mol. The van der Waals surface area contributed by atoms with Crippen molar-refractivity contribution in [1.29, 1.82) is 0 Å². The van der Waals surface area contributed by atoms with Gasteiger partial charge in [-0.3, -0.25) is 14.7 Å². The Labute approximate surface area is 203 Å². The van der Waals surface area contributed by atoms with Crippen LogP contribution in [0.4, 0.5) is 4.79 Å². The van der Waals surface area contributed by atoms with E-state index in [2.05, 4.69) is 25.4 Å². The van der Waals surface area contributed by atoms with E-state index in [1.807, 2.05) is 12.1 Å². The zero-order valence-corrected chi connectivity index (χ0v) is 20.6. The number of nitrogens with zero attached hydrogens (tertiary/aromatic N) is 3. The Morgan fingerprint density at radius 1 is 1.00 bits per heavy atom. The lowest BCUT2D eigenvalue weighted by Crippen LogP contribution is -2.41. The van der Waals surface area contributed by atoms with Crippen molar-refractivity contribution < 1.29 is 23.8 Å². The van der Waals surface area contributed by atoms with Crippen LogP contribution >= 0.6 is 11.8 Å². The van der Waals surface area contributed by atoms with Crippen LogP contribution < -0.4 is 24.8 Å². The summed E-state index contributed by atoms with van der Waals surface area (Å²) in [6.07, 6.45) is 7.42. The Morgan fingerprint density at radius 3 is 2.26 bits per heavy atom. The molecule has 3 amide bonds. The zero-order valence-electron chi connectivity index (χ0n) is 19.8. The van der Waals surface area contributed by atoms with E-state index in [0.29, 0.717) is 28.2 Å². The molecule has 1 aromatic carbocycles. The van der Waals surface area contributed by atoms with Crippen LogP contribution in [-0.2, 0) is 4.79 Å². The lowest BCUT2D eigenvalue weighted by Gasteiger charge is -2.26. The van der Waals surface area contributed by atoms with Crippen molar-refractivity contribution in [3.63, 3.8) is 0 Å². The van der Waals surface area contributed by atoms with Crippen molar-refractivity contribution in [3.8, 4) is 28.6 Å². The van der Waals surface area contributed by atoms with Gasteiger partial charge in [0.15, 0.2) is 22.5 Å². The van der Waals surface area contributed by atoms with Gasteiger partial charge in [-0.05, 0) is 37.8 Å². The first-order chi connectivity index (χ1) is 16.5. The smallest absolute Gasteiger partial charge is 0.321 e. The van der Waals surface area contributed by atoms with E-state index in [9.17, 15) is 9.59 Å². The van der Waals surface area contributed by atoms with E-state index < -0.39 is 6.03 Å². The van der Waals surface area contributed by atoms with E-state index >= 15 is 0 Å². The number of methoxy groups -OCH3 is 3. The van der Waals surface area contributed by atoms with Gasteiger partial charge in [-0.1, -0.05) is 31.0 Å². The molecule has 0 bridgehead atoms. The Bertz CT molecular complexity index is 1010. The number of urea groups is 1. The highest BCUT2D eigenvalue weighted by atomic mass is 32.2. The first-order valence-corrected chi connectivity index (χ1v) is 12.5. The molecule has 4 rings (SSSR count). The van der Waals surface area contributed by atoms with Crippen LogP contribution in [-0.4, -0.2) is 59.8 Å². The highest BCUT2D eigenvalue weighted by Gasteiger charge is 2.27. The fourth-order valence-corrected chi connectivity index (χ4v) is 5.00. The van der Waals surface area contributed by atoms with Crippen LogP contribution in [0.25, 0.3) is 11.4 Å². The summed E-state index contributed by atoms with van der Waals surface area (Å²) in [4.78, 5) is 24.2. The summed E-state index contributed by atoms with van der Waals surface area (Å²) in [5, 5.41) is 14.7. The number of amides is 3. The molecule has 0 radical (unpaired) electrons. The van der Waals surface area contributed by atoms with Crippen molar-refractivity contribution in [2.75, 3.05) is 27.1 Å². The minimum atomic E-state index is -0.444. The fraction of sp³-hybridized carbons (Fsp3) is 0.565. The molecule has 2 saturated carbocycles. The minimum absolute atomic E-state index is 0.0677. The first kappa shape index (κ1) is 24.2. The van der Waals surface area contributed by atoms with Gasteiger partial charge in [-0.2, -0.15) is 0 Å². The summed E-state index contributed by atoms with van der Waals surface area (Å²) in [5.41, 5.74) is 0.785. The highest BCUT2D eigenvalue weighted by molar-refractivity contribution is 7.99. The van der Waals surface area contributed by atoms with Crippen molar-refractivity contribution >= 4 is 23.7 Å². The van der Waals surface area contributed by atoms with Gasteiger partial charge < -0.3 is 19.5 Å². The molecule has 11 heteroatoms. The standard InChI is InChI=1S/C23H31N5O5S/c1-31-17-11-14(12-18(32-2)20(17)33-3)21-26-27-23(28(21)16-7-5-4-6-8-16)34-13-19(29)25-22(30)24-15-9-10-15/h11-12,15-16H,4-10,13H2,1-3H3,(H2,24,25,29,30). The molecule has 0 saturated heterocycles. The average Bonchev–Trinajstić information content (AvgIpc) is 3.56. The predicted molar refractivity (Wildman–Crippen MR) is 128 cm³/mol. The van der Waals surface area contributed by atoms with Gasteiger partial charge in [-0.15, -0.1) is 10.2 Å². The Morgan fingerprint density at radius 2 is 1.68 bits per heavy atom. The van der Waals surface area contributed by atoms with Crippen LogP contribution in [0.1, 0.15) is 51.0 Å². The van der Waals surface area contributed by atoms with Gasteiger partial charge in [0.1, 0.15) is 0 Å². The number of benzene rings is 1.